The Morgan fingerprint density at radius 3 is 1.54 bits per heavy atom. The first-order valence-electron chi connectivity index (χ1n) is 11.5. The molecule has 0 atom stereocenters. The van der Waals surface area contributed by atoms with E-state index in [0.717, 1.165) is 11.1 Å². The third-order valence-corrected chi connectivity index (χ3v) is 5.25. The molecule has 4 aromatic carbocycles. The van der Waals surface area contributed by atoms with Gasteiger partial charge in [0.1, 0.15) is 23.1 Å². The largest absolute Gasteiger partial charge is 0.508 e. The van der Waals surface area contributed by atoms with Crippen LogP contribution in [0.15, 0.2) is 84.9 Å². The van der Waals surface area contributed by atoms with Crippen LogP contribution in [0, 0.1) is 42.3 Å². The molecule has 0 radical (unpaired) electrons. The molecule has 0 aliphatic carbocycles. The highest BCUT2D eigenvalue weighted by atomic mass is 19.1. The Hall–Kier alpha value is -4.64. The molecule has 4 aromatic rings. The van der Waals surface area contributed by atoms with E-state index in [1.165, 1.54) is 36.4 Å². The predicted molar refractivity (Wildman–Crippen MR) is 146 cm³/mol. The van der Waals surface area contributed by atoms with Crippen LogP contribution in [0.25, 0.3) is 0 Å². The number of ether oxygens (including phenoxy) is 1. The van der Waals surface area contributed by atoms with E-state index in [-0.39, 0.29) is 11.6 Å². The highest BCUT2D eigenvalue weighted by Crippen LogP contribution is 2.23. The number of rotatable bonds is 4. The predicted octanol–water partition coefficient (Wildman–Crippen LogP) is 2.42. The molecule has 0 aromatic heterocycles. The van der Waals surface area contributed by atoms with Crippen LogP contribution >= 0.6 is 0 Å². The van der Waals surface area contributed by atoms with Crippen LogP contribution in [0.3, 0.4) is 0 Å². The zero-order valence-corrected chi connectivity index (χ0v) is 21.2. The van der Waals surface area contributed by atoms with Crippen molar-refractivity contribution in [3.05, 3.63) is 113 Å². The van der Waals surface area contributed by atoms with Crippen LogP contribution in [0.2, 0.25) is 0 Å². The van der Waals surface area contributed by atoms with Crippen molar-refractivity contribution in [2.75, 3.05) is 0 Å². The van der Waals surface area contributed by atoms with Crippen LogP contribution in [0.1, 0.15) is 22.3 Å². The van der Waals surface area contributed by atoms with Gasteiger partial charge in [-0.15, -0.1) is 0 Å². The van der Waals surface area contributed by atoms with Gasteiger partial charge in [0.25, 0.3) is 0 Å². The molecule has 8 nitrogen and oxygen atoms in total. The van der Waals surface area contributed by atoms with Crippen molar-refractivity contribution < 1.29 is 34.3 Å². The minimum Gasteiger partial charge on any atom is -0.508 e. The van der Waals surface area contributed by atoms with Crippen molar-refractivity contribution in [1.29, 1.82) is 10.5 Å². The molecule has 0 fully saturated rings. The number of hydrogen-bond acceptors (Lipinski definition) is 8. The molecule has 5 N–H and O–H groups in total. The summed E-state index contributed by atoms with van der Waals surface area (Å²) >= 11 is 0. The monoisotopic (exact) mass is 526 g/mol. The average Bonchev–Trinajstić information content (AvgIpc) is 2.92. The van der Waals surface area contributed by atoms with Crippen molar-refractivity contribution in [2.24, 2.45) is 0 Å². The summed E-state index contributed by atoms with van der Waals surface area (Å²) in [6, 6.07) is 25.5. The second kappa shape index (κ2) is 14.9. The molecule has 0 amide bonds. The third kappa shape index (κ3) is 9.97. The van der Waals surface area contributed by atoms with Gasteiger partial charge in [-0.05, 0) is 84.4 Å². The standard InChI is InChI=1S/C14H12BNO3.C8H6FN.C6H7BO3/c1-10-2-5-14(8-11(10)9-16)19-13-6-3-12(4-7-13)15(17)18;1-6-2-3-8(9)4-7(6)5-10;8-6-3-1-5(2-4-6)7(9)10/h2-8,17-18H,1H3;2-4H,1H3;1-4,8-10H. The summed E-state index contributed by atoms with van der Waals surface area (Å²) in [4.78, 5) is 0. The van der Waals surface area contributed by atoms with Crippen LogP contribution in [0.4, 0.5) is 4.39 Å². The Labute approximate surface area is 226 Å². The number of phenols is 1. The van der Waals surface area contributed by atoms with Crippen molar-refractivity contribution in [3.63, 3.8) is 0 Å². The van der Waals surface area contributed by atoms with E-state index in [2.05, 4.69) is 6.07 Å². The van der Waals surface area contributed by atoms with Gasteiger partial charge in [-0.1, -0.05) is 36.4 Å². The maximum absolute atomic E-state index is 12.4. The summed E-state index contributed by atoms with van der Waals surface area (Å²) in [5.74, 6) is 0.892. The smallest absolute Gasteiger partial charge is 0.488 e. The molecule has 0 spiro atoms. The van der Waals surface area contributed by atoms with Gasteiger partial charge in [-0.25, -0.2) is 4.39 Å². The summed E-state index contributed by atoms with van der Waals surface area (Å²) < 4.78 is 18.0. The lowest BCUT2D eigenvalue weighted by Gasteiger charge is -2.07. The van der Waals surface area contributed by atoms with E-state index < -0.39 is 14.2 Å². The molecule has 0 saturated carbocycles. The SMILES string of the molecule is Cc1ccc(F)cc1C#N.Cc1ccc(Oc2ccc(B(O)O)cc2)cc1C#N.OB(O)c1ccc(O)cc1. The fourth-order valence-corrected chi connectivity index (χ4v) is 2.99. The van der Waals surface area contributed by atoms with Gasteiger partial charge in [0, 0.05) is 0 Å². The van der Waals surface area contributed by atoms with Crippen molar-refractivity contribution in [2.45, 2.75) is 13.8 Å². The van der Waals surface area contributed by atoms with E-state index >= 15 is 0 Å². The number of aromatic hydroxyl groups is 1. The van der Waals surface area contributed by atoms with Crippen LogP contribution in [0.5, 0.6) is 17.2 Å². The molecule has 11 heteroatoms. The Bertz CT molecular complexity index is 1450. The van der Waals surface area contributed by atoms with Gasteiger partial charge in [-0.2, -0.15) is 10.5 Å². The Morgan fingerprint density at radius 1 is 0.641 bits per heavy atom. The van der Waals surface area contributed by atoms with Gasteiger partial charge in [-0.3, -0.25) is 0 Å². The van der Waals surface area contributed by atoms with E-state index in [9.17, 15) is 4.39 Å². The Kier molecular flexibility index (Phi) is 11.7. The zero-order chi connectivity index (χ0) is 28.9. The first-order valence-corrected chi connectivity index (χ1v) is 11.5. The maximum atomic E-state index is 12.4. The van der Waals surface area contributed by atoms with Crippen molar-refractivity contribution in [1.82, 2.24) is 0 Å². The minimum absolute atomic E-state index is 0.115. The average molecular weight is 526 g/mol. The number of phenolic OH excluding ortho intramolecular Hbond substituents is 1. The van der Waals surface area contributed by atoms with E-state index in [4.69, 9.17) is 40.5 Å². The lowest BCUT2D eigenvalue weighted by atomic mass is 9.80. The molecular formula is C28H25B2FN2O6. The molecule has 196 valence electrons. The lowest BCUT2D eigenvalue weighted by molar-refractivity contribution is 0.424. The number of aryl methyl sites for hydroxylation is 2. The quantitative estimate of drug-likeness (QED) is 0.254. The second-order valence-electron chi connectivity index (χ2n) is 8.17. The number of halogens is 1. The van der Waals surface area contributed by atoms with Gasteiger partial charge >= 0.3 is 14.2 Å². The Morgan fingerprint density at radius 2 is 1.08 bits per heavy atom. The highest BCUT2D eigenvalue weighted by molar-refractivity contribution is 6.58. The topological polar surface area (TPSA) is 158 Å². The molecule has 39 heavy (non-hydrogen) atoms. The molecule has 4 rings (SSSR count). The van der Waals surface area contributed by atoms with Crippen molar-refractivity contribution >= 4 is 25.2 Å². The number of benzene rings is 4. The molecular weight excluding hydrogens is 501 g/mol. The molecule has 0 heterocycles. The van der Waals surface area contributed by atoms with Crippen LogP contribution in [-0.2, 0) is 0 Å². The second-order valence-corrected chi connectivity index (χ2v) is 8.17. The zero-order valence-electron chi connectivity index (χ0n) is 21.2. The Balaban J connectivity index is 0.000000225. The van der Waals surface area contributed by atoms with Crippen molar-refractivity contribution in [3.8, 4) is 29.4 Å². The summed E-state index contributed by atoms with van der Waals surface area (Å²) in [6.07, 6.45) is 0. The molecule has 0 bridgehead atoms. The highest BCUT2D eigenvalue weighted by Gasteiger charge is 2.10. The number of nitriles is 2. The summed E-state index contributed by atoms with van der Waals surface area (Å²) in [7, 11) is -2.95. The first kappa shape index (κ1) is 30.6. The molecule has 0 saturated heterocycles. The van der Waals surface area contributed by atoms with Gasteiger partial charge in [0.15, 0.2) is 0 Å². The number of nitrogens with zero attached hydrogens (tertiary/aromatic N) is 2. The molecule has 0 aliphatic rings. The fourth-order valence-electron chi connectivity index (χ4n) is 2.99. The summed E-state index contributed by atoms with van der Waals surface area (Å²) in [5.41, 5.74) is 3.45. The normalized spacial score (nSPS) is 9.46. The molecule has 0 unspecified atom stereocenters. The maximum Gasteiger partial charge on any atom is 0.488 e. The van der Waals surface area contributed by atoms with E-state index in [1.807, 2.05) is 19.1 Å². The summed E-state index contributed by atoms with van der Waals surface area (Å²) in [6.45, 7) is 3.64. The van der Waals surface area contributed by atoms with E-state index in [1.54, 1.807) is 49.4 Å². The van der Waals surface area contributed by atoms with Gasteiger partial charge in [0.05, 0.1) is 23.3 Å². The van der Waals surface area contributed by atoms with E-state index in [0.29, 0.717) is 33.6 Å². The lowest BCUT2D eigenvalue weighted by Crippen LogP contribution is -2.29. The van der Waals surface area contributed by atoms with Crippen LogP contribution < -0.4 is 15.7 Å². The van der Waals surface area contributed by atoms with Gasteiger partial charge in [0.2, 0.25) is 0 Å². The summed E-state index contributed by atoms with van der Waals surface area (Å²) in [5, 5.41) is 61.3. The van der Waals surface area contributed by atoms with Crippen LogP contribution in [-0.4, -0.2) is 39.4 Å². The molecule has 0 aliphatic heterocycles. The third-order valence-electron chi connectivity index (χ3n) is 5.25. The first-order chi connectivity index (χ1) is 18.5. The minimum atomic E-state index is -1.49. The fraction of sp³-hybridized carbons (Fsp3) is 0.0714. The van der Waals surface area contributed by atoms with Gasteiger partial charge < -0.3 is 29.9 Å². The number of hydrogen-bond donors (Lipinski definition) is 5.